The van der Waals surface area contributed by atoms with E-state index in [9.17, 15) is 9.59 Å². The average molecular weight is 532 g/mol. The van der Waals surface area contributed by atoms with Crippen LogP contribution in [0.15, 0.2) is 0 Å². The van der Waals surface area contributed by atoms with E-state index in [1.807, 2.05) is 11.6 Å². The number of hydrogen-bond acceptors (Lipinski definition) is 3. The van der Waals surface area contributed by atoms with Crippen molar-refractivity contribution in [2.45, 2.75) is 25.7 Å². The van der Waals surface area contributed by atoms with E-state index < -0.39 is 9.14 Å². The molecule has 1 saturated heterocycles. The van der Waals surface area contributed by atoms with Gasteiger partial charge in [0.1, 0.15) is 13.6 Å². The number of amides is 2. The molecule has 0 bridgehead atoms. The number of imide groups is 1. The van der Waals surface area contributed by atoms with Crippen LogP contribution in [0.3, 0.4) is 0 Å². The van der Waals surface area contributed by atoms with E-state index in [1.54, 1.807) is 0 Å². The standard InChI is InChI=1S/C9H13N2O3.6ClH.Sb/c1-10-6-2-3-9(10)14-11-7(12)4-5-8(11)13;;;;;;;/h2-6H2,1H3;6*1H;/q+1;;;;;;;+5/p-6. The van der Waals surface area contributed by atoms with E-state index in [0.29, 0.717) is 5.90 Å². The van der Waals surface area contributed by atoms with Crippen molar-refractivity contribution in [2.75, 3.05) is 13.6 Å². The van der Waals surface area contributed by atoms with Crippen LogP contribution in [-0.4, -0.2) is 50.1 Å². The molecule has 1 fully saturated rings. The zero-order valence-electron chi connectivity index (χ0n) is 10.9. The first kappa shape index (κ1) is 20.2. The predicted octanol–water partition coefficient (Wildman–Crippen LogP) is 3.66. The molecule has 0 unspecified atom stereocenters. The van der Waals surface area contributed by atoms with Crippen LogP contribution in [0.5, 0.6) is 0 Å². The molecule has 0 spiro atoms. The molecule has 0 saturated carbocycles. The second-order valence-electron chi connectivity index (χ2n) is 4.55. The molecule has 21 heavy (non-hydrogen) atoms. The molecule has 5 nitrogen and oxygen atoms in total. The number of carbonyl (C=O) groups excluding carboxylic acids is 2. The molecule has 2 aliphatic rings. The van der Waals surface area contributed by atoms with Crippen molar-refractivity contribution in [3.63, 3.8) is 0 Å². The monoisotopic (exact) mass is 528 g/mol. The molecule has 2 amide bonds. The van der Waals surface area contributed by atoms with Crippen molar-refractivity contribution in [3.05, 3.63) is 0 Å². The summed E-state index contributed by atoms with van der Waals surface area (Å²) in [5.74, 6) is 0.249. The molecule has 0 radical (unpaired) electrons. The summed E-state index contributed by atoms with van der Waals surface area (Å²) in [5, 5.41) is 0.900. The molecule has 0 N–H and O–H groups in total. The van der Waals surface area contributed by atoms with E-state index >= 15 is 0 Å². The Morgan fingerprint density at radius 1 is 1.00 bits per heavy atom. The fourth-order valence-corrected chi connectivity index (χ4v) is 1.66. The Balaban J connectivity index is 0.000000270. The third kappa shape index (κ3) is 9.80. The molecule has 0 aromatic carbocycles. The van der Waals surface area contributed by atoms with Gasteiger partial charge in [-0.3, -0.25) is 9.59 Å². The van der Waals surface area contributed by atoms with E-state index in [1.165, 1.54) is 0 Å². The SMILES string of the molecule is C[N+]1=C(ON2C(=O)CCC2=O)CCC1.[Cl][Sb-]([Cl])([Cl])([Cl])([Cl])[Cl]. The van der Waals surface area contributed by atoms with Gasteiger partial charge in [-0.2, -0.15) is 0 Å². The van der Waals surface area contributed by atoms with Crippen LogP contribution in [0.4, 0.5) is 0 Å². The van der Waals surface area contributed by atoms with Gasteiger partial charge in [-0.25, -0.2) is 4.58 Å². The quantitative estimate of drug-likeness (QED) is 0.295. The second kappa shape index (κ2) is 6.23. The van der Waals surface area contributed by atoms with Gasteiger partial charge in [-0.15, -0.1) is 5.06 Å². The Morgan fingerprint density at radius 2 is 1.43 bits per heavy atom. The molecule has 0 aromatic heterocycles. The number of rotatable bonds is 1. The second-order valence-corrected chi connectivity index (χ2v) is 61.4. The number of hydrogen-bond donors (Lipinski definition) is 0. The third-order valence-electron chi connectivity index (χ3n) is 2.51. The molecule has 2 aliphatic heterocycles. The van der Waals surface area contributed by atoms with Gasteiger partial charge in [0, 0.05) is 19.3 Å². The normalized spacial score (nSPS) is 22.7. The topological polar surface area (TPSA) is 49.6 Å². The van der Waals surface area contributed by atoms with Crippen LogP contribution < -0.4 is 0 Å². The Kier molecular flexibility index (Phi) is 6.00. The van der Waals surface area contributed by atoms with Crippen LogP contribution >= 0.6 is 53.0 Å². The molecular formula is C9H13Cl6N2O3Sb. The molecule has 12 heteroatoms. The van der Waals surface area contributed by atoms with Gasteiger partial charge in [0.25, 0.3) is 11.8 Å². The maximum atomic E-state index is 11.2. The van der Waals surface area contributed by atoms with Gasteiger partial charge in [-0.05, 0) is 0 Å². The summed E-state index contributed by atoms with van der Waals surface area (Å²) in [6.07, 6.45) is 2.36. The first-order valence-corrected chi connectivity index (χ1v) is 25.2. The summed E-state index contributed by atoms with van der Waals surface area (Å²) in [6, 6.07) is 0. The molecule has 0 atom stereocenters. The van der Waals surface area contributed by atoms with Gasteiger partial charge in [0.05, 0.1) is 6.42 Å². The fourth-order valence-electron chi connectivity index (χ4n) is 1.66. The molecule has 2 rings (SSSR count). The van der Waals surface area contributed by atoms with Crippen molar-refractivity contribution in [3.8, 4) is 0 Å². The van der Waals surface area contributed by atoms with Crippen LogP contribution in [0.25, 0.3) is 0 Å². The first-order valence-electron chi connectivity index (χ1n) is 5.80. The average Bonchev–Trinajstić information content (AvgIpc) is 2.75. The minimum absolute atomic E-state index is 0.234. The van der Waals surface area contributed by atoms with Gasteiger partial charge in [0.15, 0.2) is 0 Å². The molecular weight excluding hydrogens is 519 g/mol. The van der Waals surface area contributed by atoms with E-state index in [4.69, 9.17) is 57.8 Å². The Morgan fingerprint density at radius 3 is 1.76 bits per heavy atom. The fraction of sp³-hybridized carbons (Fsp3) is 0.667. The van der Waals surface area contributed by atoms with Crippen LogP contribution in [0.2, 0.25) is 0 Å². The van der Waals surface area contributed by atoms with Gasteiger partial charge in [-0.1, -0.05) is 0 Å². The first-order chi connectivity index (χ1) is 9.13. The van der Waals surface area contributed by atoms with Crippen molar-refractivity contribution in [2.24, 2.45) is 0 Å². The van der Waals surface area contributed by atoms with Gasteiger partial charge in [0.2, 0.25) is 0 Å². The summed E-state index contributed by atoms with van der Waals surface area (Å²) >= 11 is 0. The number of halogens is 6. The summed E-state index contributed by atoms with van der Waals surface area (Å²) in [5.41, 5.74) is 0. The van der Waals surface area contributed by atoms with Crippen LogP contribution in [-0.2, 0) is 14.4 Å². The summed E-state index contributed by atoms with van der Waals surface area (Å²) in [6.45, 7) is 0.922. The number of hydroxylamine groups is 2. The molecule has 0 aromatic rings. The van der Waals surface area contributed by atoms with Crippen molar-refractivity contribution in [1.82, 2.24) is 5.06 Å². The van der Waals surface area contributed by atoms with E-state index in [0.717, 1.165) is 24.4 Å². The van der Waals surface area contributed by atoms with Crippen molar-refractivity contribution >= 4 is 79.8 Å². The van der Waals surface area contributed by atoms with E-state index in [2.05, 4.69) is 0 Å². The summed E-state index contributed by atoms with van der Waals surface area (Å²) in [4.78, 5) is 27.7. The predicted molar refractivity (Wildman–Crippen MR) is 88.3 cm³/mol. The van der Waals surface area contributed by atoms with Crippen molar-refractivity contribution in [1.29, 1.82) is 0 Å². The Labute approximate surface area is 142 Å². The summed E-state index contributed by atoms with van der Waals surface area (Å²) in [7, 11) is 26.9. The van der Waals surface area contributed by atoms with Crippen LogP contribution in [0, 0.1) is 0 Å². The molecule has 124 valence electrons. The molecule has 2 heterocycles. The zero-order valence-corrected chi connectivity index (χ0v) is 18.0. The maximum absolute atomic E-state index is 11.2. The van der Waals surface area contributed by atoms with Gasteiger partial charge < -0.3 is 4.84 Å². The summed E-state index contributed by atoms with van der Waals surface area (Å²) < 4.78 is 1.93. The van der Waals surface area contributed by atoms with Gasteiger partial charge >= 0.3 is 68.0 Å². The zero-order chi connectivity index (χ0) is 16.5. The van der Waals surface area contributed by atoms with Crippen LogP contribution in [0.1, 0.15) is 25.7 Å². The van der Waals surface area contributed by atoms with Crippen molar-refractivity contribution < 1.29 is 19.0 Å². The third-order valence-corrected chi connectivity index (χ3v) is 2.51. The number of nitrogens with zero attached hydrogens (tertiary/aromatic N) is 2. The van der Waals surface area contributed by atoms with E-state index in [-0.39, 0.29) is 24.7 Å². The Bertz CT molecular complexity index is 473. The minimum atomic E-state index is -5.42. The Hall–Kier alpha value is 1.17. The number of carbonyl (C=O) groups is 2. The molecule has 0 aliphatic carbocycles.